The highest BCUT2D eigenvalue weighted by molar-refractivity contribution is 5.81. The Balaban J connectivity index is 0.000000136. The van der Waals surface area contributed by atoms with Crippen LogP contribution >= 0.6 is 0 Å². The van der Waals surface area contributed by atoms with Gasteiger partial charge in [-0.3, -0.25) is 0 Å². The molecule has 0 saturated carbocycles. The van der Waals surface area contributed by atoms with E-state index in [1.54, 1.807) is 25.3 Å². The van der Waals surface area contributed by atoms with Crippen molar-refractivity contribution in [3.8, 4) is 0 Å². The van der Waals surface area contributed by atoms with E-state index in [0.29, 0.717) is 0 Å². The third-order valence-electron chi connectivity index (χ3n) is 13.4. The van der Waals surface area contributed by atoms with Crippen molar-refractivity contribution in [2.24, 2.45) is 0 Å². The largest absolute Gasteiger partial charge is 0.345 e. The Morgan fingerprint density at radius 3 is 1.21 bits per heavy atom. The number of imidazole rings is 6. The zero-order chi connectivity index (χ0) is 56.8. The minimum absolute atomic E-state index is 0.0962. The first kappa shape index (κ1) is 57.8. The van der Waals surface area contributed by atoms with Crippen LogP contribution in [0.2, 0.25) is 0 Å². The second-order valence-corrected chi connectivity index (χ2v) is 26.1. The Morgan fingerprint density at radius 1 is 0.346 bits per heavy atom. The smallest absolute Gasteiger partial charge is 0.112 e. The summed E-state index contributed by atoms with van der Waals surface area (Å²) in [5.74, 6) is 1.05. The van der Waals surface area contributed by atoms with Crippen molar-refractivity contribution in [2.75, 3.05) is 0 Å². The summed E-state index contributed by atoms with van der Waals surface area (Å²) in [5, 5.41) is 0. The number of H-pyrrole nitrogens is 5. The SMILES string of the molecule is CC(C)(C)c1ccc2nc[nH]c2c1.CC(C)(C)c1ccc2nc[nH]c2c1.CC(C)(C)c1cccc2[nH]cnc12.CC(C)(C)c1cccc2[nH]cnc12.CC(C)(C)c1nc2ccccc2[nH]1.CC(C)(C)n1cnc2ccccc21. The van der Waals surface area contributed by atoms with E-state index in [2.05, 4.69) is 269 Å². The van der Waals surface area contributed by atoms with Crippen molar-refractivity contribution in [1.82, 2.24) is 59.4 Å². The molecule has 12 aromatic rings. The molecule has 0 aliphatic heterocycles. The molecule has 0 radical (unpaired) electrons. The number of fused-ring (bicyclic) bond motifs is 6. The van der Waals surface area contributed by atoms with E-state index in [4.69, 9.17) is 0 Å². The molecule has 78 heavy (non-hydrogen) atoms. The minimum atomic E-state index is 0.0962. The van der Waals surface area contributed by atoms with Crippen molar-refractivity contribution >= 4 is 66.2 Å². The summed E-state index contributed by atoms with van der Waals surface area (Å²) in [6.45, 7) is 39.5. The number of para-hydroxylation sites is 6. The van der Waals surface area contributed by atoms with E-state index in [9.17, 15) is 0 Å². The van der Waals surface area contributed by atoms with Crippen molar-refractivity contribution in [3.05, 3.63) is 181 Å². The molecule has 0 bridgehead atoms. The molecule has 6 heterocycles. The summed E-state index contributed by atoms with van der Waals surface area (Å²) in [4.78, 5) is 41.7. The lowest BCUT2D eigenvalue weighted by atomic mass is 9.86. The molecule has 0 fully saturated rings. The number of nitrogens with zero attached hydrogens (tertiary/aromatic N) is 7. The van der Waals surface area contributed by atoms with Gasteiger partial charge in [0.2, 0.25) is 0 Å². The van der Waals surface area contributed by atoms with E-state index in [1.165, 1.54) is 27.8 Å². The Labute approximate surface area is 461 Å². The molecule has 12 heteroatoms. The van der Waals surface area contributed by atoms with Gasteiger partial charge >= 0.3 is 0 Å². The normalized spacial score (nSPS) is 12.2. The van der Waals surface area contributed by atoms with Crippen LogP contribution in [0, 0.1) is 0 Å². The fourth-order valence-electron chi connectivity index (χ4n) is 8.75. The van der Waals surface area contributed by atoms with Gasteiger partial charge in [0.1, 0.15) is 5.82 Å². The van der Waals surface area contributed by atoms with E-state index in [0.717, 1.165) is 66.5 Å². The van der Waals surface area contributed by atoms with Crippen LogP contribution in [0.3, 0.4) is 0 Å². The molecule has 0 aliphatic rings. The fourth-order valence-corrected chi connectivity index (χ4v) is 8.75. The zero-order valence-electron chi connectivity index (χ0n) is 49.6. The third kappa shape index (κ3) is 14.6. The zero-order valence-corrected chi connectivity index (χ0v) is 49.6. The van der Waals surface area contributed by atoms with Gasteiger partial charge in [0.05, 0.1) is 97.8 Å². The standard InChI is InChI=1S/6C11H14N2/c2*1-11(2,3)8-4-5-9-10(6-8)13-7-12-9;2*1-11(2,3)8-5-4-6-9-10(8)13-7-12-9;1-11(2,3)13-8-12-9-6-4-5-7-10(9)13;1-11(2,3)10-12-8-6-4-5-7-9(8)13-10/h4*4-7H,1-3H3,(H,12,13);4-8H,1-3H3;4-7H,1-3H3,(H,12,13). The van der Waals surface area contributed by atoms with E-state index in [-0.39, 0.29) is 32.6 Å². The number of hydrogen-bond donors (Lipinski definition) is 5. The summed E-state index contributed by atoms with van der Waals surface area (Å²) in [7, 11) is 0. The van der Waals surface area contributed by atoms with Crippen LogP contribution in [-0.2, 0) is 32.6 Å². The summed E-state index contributed by atoms with van der Waals surface area (Å²) < 4.78 is 2.20. The number of benzene rings is 6. The second kappa shape index (κ2) is 23.0. The maximum atomic E-state index is 4.53. The highest BCUT2D eigenvalue weighted by Gasteiger charge is 2.21. The fraction of sp³-hybridized carbons (Fsp3) is 0.364. The number of aromatic amines is 5. The Hall–Kier alpha value is -7.86. The summed E-state index contributed by atoms with van der Waals surface area (Å²) in [6, 6.07) is 41.6. The Morgan fingerprint density at radius 2 is 0.769 bits per heavy atom. The lowest BCUT2D eigenvalue weighted by Crippen LogP contribution is -2.20. The van der Waals surface area contributed by atoms with Gasteiger partial charge in [0, 0.05) is 11.0 Å². The second-order valence-electron chi connectivity index (χ2n) is 26.1. The van der Waals surface area contributed by atoms with Crippen molar-refractivity contribution < 1.29 is 0 Å². The van der Waals surface area contributed by atoms with Crippen LogP contribution in [0.5, 0.6) is 0 Å². The predicted molar refractivity (Wildman–Crippen MR) is 329 cm³/mol. The molecule has 5 N–H and O–H groups in total. The van der Waals surface area contributed by atoms with Crippen LogP contribution in [0.15, 0.2) is 153 Å². The first-order chi connectivity index (χ1) is 36.5. The van der Waals surface area contributed by atoms with Crippen molar-refractivity contribution in [3.63, 3.8) is 0 Å². The van der Waals surface area contributed by atoms with Crippen molar-refractivity contribution in [1.29, 1.82) is 0 Å². The third-order valence-corrected chi connectivity index (χ3v) is 13.4. The Kier molecular flexibility index (Phi) is 17.1. The predicted octanol–water partition coefficient (Wildman–Crippen LogP) is 17.1. The van der Waals surface area contributed by atoms with Gasteiger partial charge in [0.25, 0.3) is 0 Å². The lowest BCUT2D eigenvalue weighted by Gasteiger charge is -2.21. The van der Waals surface area contributed by atoms with Crippen LogP contribution in [0.25, 0.3) is 66.2 Å². The van der Waals surface area contributed by atoms with Crippen LogP contribution < -0.4 is 0 Å². The first-order valence-corrected chi connectivity index (χ1v) is 27.1. The molecule has 6 aromatic heterocycles. The highest BCUT2D eigenvalue weighted by Crippen LogP contribution is 2.30. The minimum Gasteiger partial charge on any atom is -0.345 e. The van der Waals surface area contributed by atoms with E-state index < -0.39 is 0 Å². The van der Waals surface area contributed by atoms with E-state index in [1.807, 2.05) is 42.7 Å². The highest BCUT2D eigenvalue weighted by atomic mass is 15.1. The first-order valence-electron chi connectivity index (χ1n) is 27.1. The number of nitrogens with one attached hydrogen (secondary N) is 5. The lowest BCUT2D eigenvalue weighted by molar-refractivity contribution is 0.408. The molecule has 0 saturated heterocycles. The van der Waals surface area contributed by atoms with Crippen LogP contribution in [0.4, 0.5) is 0 Å². The quantitative estimate of drug-likeness (QED) is 0.102. The Bertz CT molecular complexity index is 3590. The molecule has 0 amide bonds. The van der Waals surface area contributed by atoms with Gasteiger partial charge < -0.3 is 29.5 Å². The average molecular weight is 1050 g/mol. The average Bonchev–Trinajstić information content (AvgIpc) is 4.23. The van der Waals surface area contributed by atoms with Crippen LogP contribution in [0.1, 0.15) is 153 Å². The van der Waals surface area contributed by atoms with Crippen molar-refractivity contribution in [2.45, 2.75) is 157 Å². The molecule has 408 valence electrons. The van der Waals surface area contributed by atoms with E-state index >= 15 is 0 Å². The van der Waals surface area contributed by atoms with Gasteiger partial charge in [-0.1, -0.05) is 165 Å². The molecular weight excluding hydrogens is 961 g/mol. The molecule has 0 atom stereocenters. The molecule has 0 spiro atoms. The summed E-state index contributed by atoms with van der Waals surface area (Å²) in [5.41, 5.74) is 19.4. The van der Waals surface area contributed by atoms with Gasteiger partial charge in [-0.05, 0) is 125 Å². The molecule has 0 aliphatic carbocycles. The number of aromatic nitrogens is 12. The topological polar surface area (TPSA) is 161 Å². The summed E-state index contributed by atoms with van der Waals surface area (Å²) in [6.07, 6.45) is 8.87. The molecule has 0 unspecified atom stereocenters. The monoisotopic (exact) mass is 1040 g/mol. The molecular formula is C66H84N12. The van der Waals surface area contributed by atoms with Gasteiger partial charge in [-0.25, -0.2) is 29.9 Å². The summed E-state index contributed by atoms with van der Waals surface area (Å²) >= 11 is 0. The van der Waals surface area contributed by atoms with Gasteiger partial charge in [0.15, 0.2) is 0 Å². The molecule has 12 nitrogen and oxygen atoms in total. The molecule has 12 rings (SSSR count). The van der Waals surface area contributed by atoms with Gasteiger partial charge in [-0.15, -0.1) is 0 Å². The molecule has 6 aromatic carbocycles. The number of rotatable bonds is 0. The maximum Gasteiger partial charge on any atom is 0.112 e. The maximum absolute atomic E-state index is 4.53. The van der Waals surface area contributed by atoms with Gasteiger partial charge in [-0.2, -0.15) is 0 Å². The number of hydrogen-bond acceptors (Lipinski definition) is 6. The van der Waals surface area contributed by atoms with Crippen LogP contribution in [-0.4, -0.2) is 59.4 Å².